The SMILES string of the molecule is C[C@]1(C(=O)NCc2ccccc2)Cn2c(ccc2-c2ccco2)C(=O)N1c1ccc(F)cc1. The zero-order valence-electron chi connectivity index (χ0n) is 18.0. The summed E-state index contributed by atoms with van der Waals surface area (Å²) in [7, 11) is 0. The Morgan fingerprint density at radius 1 is 1.00 bits per heavy atom. The molecule has 5 rings (SSSR count). The van der Waals surface area contributed by atoms with Gasteiger partial charge in [0.2, 0.25) is 5.91 Å². The van der Waals surface area contributed by atoms with Gasteiger partial charge in [-0.15, -0.1) is 0 Å². The van der Waals surface area contributed by atoms with Crippen LogP contribution in [0.3, 0.4) is 0 Å². The fourth-order valence-electron chi connectivity index (χ4n) is 4.32. The molecule has 0 fully saturated rings. The van der Waals surface area contributed by atoms with Gasteiger partial charge in [-0.3, -0.25) is 14.5 Å². The van der Waals surface area contributed by atoms with Gasteiger partial charge in [-0.1, -0.05) is 30.3 Å². The molecular formula is C26H22FN3O3. The van der Waals surface area contributed by atoms with E-state index in [0.717, 1.165) is 5.56 Å². The van der Waals surface area contributed by atoms with E-state index in [2.05, 4.69) is 5.32 Å². The summed E-state index contributed by atoms with van der Waals surface area (Å²) in [4.78, 5) is 28.7. The number of carbonyl (C=O) groups is 2. The maximum atomic E-state index is 13.7. The number of hydrogen-bond acceptors (Lipinski definition) is 3. The number of halogens is 1. The molecule has 0 aliphatic carbocycles. The quantitative estimate of drug-likeness (QED) is 0.489. The molecule has 1 N–H and O–H groups in total. The summed E-state index contributed by atoms with van der Waals surface area (Å²) in [5.41, 5.74) is 1.27. The first kappa shape index (κ1) is 20.8. The molecule has 33 heavy (non-hydrogen) atoms. The molecule has 1 aliphatic rings. The van der Waals surface area contributed by atoms with Crippen LogP contribution in [0.2, 0.25) is 0 Å². The van der Waals surface area contributed by atoms with Gasteiger partial charge in [0.05, 0.1) is 18.5 Å². The van der Waals surface area contributed by atoms with Crippen molar-refractivity contribution in [2.45, 2.75) is 25.6 Å². The van der Waals surface area contributed by atoms with E-state index in [1.165, 1.54) is 29.2 Å². The van der Waals surface area contributed by atoms with Gasteiger partial charge >= 0.3 is 0 Å². The Labute approximate surface area is 190 Å². The zero-order valence-corrected chi connectivity index (χ0v) is 18.0. The van der Waals surface area contributed by atoms with Gasteiger partial charge in [0.25, 0.3) is 5.91 Å². The van der Waals surface area contributed by atoms with Crippen LogP contribution in [0.4, 0.5) is 10.1 Å². The van der Waals surface area contributed by atoms with Crippen molar-refractivity contribution in [3.05, 3.63) is 102 Å². The predicted molar refractivity (Wildman–Crippen MR) is 122 cm³/mol. The minimum atomic E-state index is -1.27. The number of aromatic nitrogens is 1. The van der Waals surface area contributed by atoms with E-state index in [1.54, 1.807) is 25.3 Å². The highest BCUT2D eigenvalue weighted by Crippen LogP contribution is 2.36. The second-order valence-corrected chi connectivity index (χ2v) is 8.23. The van der Waals surface area contributed by atoms with Crippen LogP contribution in [0.1, 0.15) is 23.0 Å². The van der Waals surface area contributed by atoms with Gasteiger partial charge in [-0.05, 0) is 61.0 Å². The Morgan fingerprint density at radius 2 is 1.73 bits per heavy atom. The van der Waals surface area contributed by atoms with Crippen LogP contribution < -0.4 is 10.2 Å². The van der Waals surface area contributed by atoms with Crippen LogP contribution in [0.25, 0.3) is 11.5 Å². The molecule has 4 aromatic rings. The van der Waals surface area contributed by atoms with Gasteiger partial charge in [0.15, 0.2) is 0 Å². The Hall–Kier alpha value is -4.13. The van der Waals surface area contributed by atoms with Gasteiger partial charge in [-0.25, -0.2) is 4.39 Å². The Morgan fingerprint density at radius 3 is 2.42 bits per heavy atom. The third-order valence-corrected chi connectivity index (χ3v) is 6.01. The molecule has 0 spiro atoms. The van der Waals surface area contributed by atoms with E-state index in [0.29, 0.717) is 29.4 Å². The maximum Gasteiger partial charge on any atom is 0.275 e. The van der Waals surface area contributed by atoms with Crippen molar-refractivity contribution in [3.8, 4) is 11.5 Å². The minimum Gasteiger partial charge on any atom is -0.463 e. The van der Waals surface area contributed by atoms with Crippen molar-refractivity contribution >= 4 is 17.5 Å². The zero-order chi connectivity index (χ0) is 23.0. The van der Waals surface area contributed by atoms with Gasteiger partial charge in [0.1, 0.15) is 22.8 Å². The summed E-state index contributed by atoms with van der Waals surface area (Å²) in [5, 5.41) is 2.97. The average Bonchev–Trinajstić information content (AvgIpc) is 3.49. The van der Waals surface area contributed by atoms with Crippen molar-refractivity contribution in [2.75, 3.05) is 4.90 Å². The summed E-state index contributed by atoms with van der Waals surface area (Å²) < 4.78 is 21.0. The number of carbonyl (C=O) groups excluding carboxylic acids is 2. The molecule has 166 valence electrons. The fourth-order valence-corrected chi connectivity index (χ4v) is 4.32. The summed E-state index contributed by atoms with van der Waals surface area (Å²) in [6.45, 7) is 2.25. The highest BCUT2D eigenvalue weighted by molar-refractivity contribution is 6.12. The number of furan rings is 1. The molecule has 0 saturated carbocycles. The van der Waals surface area contributed by atoms with Crippen molar-refractivity contribution in [1.29, 1.82) is 0 Å². The average molecular weight is 443 g/mol. The molecule has 6 nitrogen and oxygen atoms in total. The normalized spacial score (nSPS) is 17.6. The van der Waals surface area contributed by atoms with Gasteiger partial charge in [0, 0.05) is 12.2 Å². The highest BCUT2D eigenvalue weighted by atomic mass is 19.1. The number of fused-ring (bicyclic) bond motifs is 1. The van der Waals surface area contributed by atoms with Gasteiger partial charge in [-0.2, -0.15) is 0 Å². The van der Waals surface area contributed by atoms with Crippen LogP contribution in [-0.4, -0.2) is 21.9 Å². The van der Waals surface area contributed by atoms with Crippen molar-refractivity contribution in [1.82, 2.24) is 9.88 Å². The second-order valence-electron chi connectivity index (χ2n) is 8.23. The topological polar surface area (TPSA) is 67.5 Å². The van der Waals surface area contributed by atoms with E-state index >= 15 is 0 Å². The van der Waals surface area contributed by atoms with Crippen LogP contribution in [0, 0.1) is 5.82 Å². The van der Waals surface area contributed by atoms with Crippen LogP contribution in [0.15, 0.2) is 89.5 Å². The standard InChI is InChI=1S/C26H22FN3O3/c1-26(25(32)28-16-18-6-3-2-4-7-18)17-29-21(23-8-5-15-33-23)13-14-22(29)24(31)30(26)20-11-9-19(27)10-12-20/h2-15H,16-17H2,1H3,(H,28,32)/t26-/m1/s1. The lowest BCUT2D eigenvalue weighted by Gasteiger charge is -2.44. The third-order valence-electron chi connectivity index (χ3n) is 6.01. The minimum absolute atomic E-state index is 0.203. The number of anilines is 1. The molecule has 0 bridgehead atoms. The van der Waals surface area contributed by atoms with Crippen molar-refractivity contribution in [3.63, 3.8) is 0 Å². The Bertz CT molecular complexity index is 1300. The summed E-state index contributed by atoms with van der Waals surface area (Å²) in [6.07, 6.45) is 1.57. The van der Waals surface area contributed by atoms with Crippen molar-refractivity contribution < 1.29 is 18.4 Å². The summed E-state index contributed by atoms with van der Waals surface area (Å²) in [5.74, 6) is -0.463. The molecule has 1 atom stereocenters. The lowest BCUT2D eigenvalue weighted by atomic mass is 9.93. The summed E-state index contributed by atoms with van der Waals surface area (Å²) >= 11 is 0. The smallest absolute Gasteiger partial charge is 0.275 e. The van der Waals surface area contributed by atoms with E-state index in [9.17, 15) is 14.0 Å². The lowest BCUT2D eigenvalue weighted by Crippen LogP contribution is -2.64. The number of benzene rings is 2. The molecule has 2 aromatic carbocycles. The largest absolute Gasteiger partial charge is 0.463 e. The lowest BCUT2D eigenvalue weighted by molar-refractivity contribution is -0.126. The van der Waals surface area contributed by atoms with Gasteiger partial charge < -0.3 is 14.3 Å². The maximum absolute atomic E-state index is 13.7. The number of nitrogens with zero attached hydrogens (tertiary/aromatic N) is 2. The van der Waals surface area contributed by atoms with E-state index in [-0.39, 0.29) is 18.4 Å². The first-order chi connectivity index (χ1) is 16.0. The molecule has 3 heterocycles. The van der Waals surface area contributed by atoms with Crippen LogP contribution >= 0.6 is 0 Å². The number of nitrogens with one attached hydrogen (secondary N) is 1. The molecular weight excluding hydrogens is 421 g/mol. The molecule has 0 radical (unpaired) electrons. The number of hydrogen-bond donors (Lipinski definition) is 1. The van der Waals surface area contributed by atoms with Crippen molar-refractivity contribution in [2.24, 2.45) is 0 Å². The first-order valence-corrected chi connectivity index (χ1v) is 10.6. The number of amides is 2. The molecule has 0 unspecified atom stereocenters. The molecule has 1 aliphatic heterocycles. The first-order valence-electron chi connectivity index (χ1n) is 10.6. The van der Waals surface area contributed by atoms with Crippen LogP contribution in [0.5, 0.6) is 0 Å². The van der Waals surface area contributed by atoms with E-state index in [1.807, 2.05) is 47.0 Å². The Kier molecular flexibility index (Phi) is 5.09. The molecule has 2 aromatic heterocycles. The third kappa shape index (κ3) is 3.61. The van der Waals surface area contributed by atoms with Crippen LogP contribution in [-0.2, 0) is 17.9 Å². The molecule has 2 amide bonds. The van der Waals surface area contributed by atoms with E-state index in [4.69, 9.17) is 4.42 Å². The molecule has 0 saturated heterocycles. The predicted octanol–water partition coefficient (Wildman–Crippen LogP) is 4.62. The Balaban J connectivity index is 1.56. The monoisotopic (exact) mass is 443 g/mol. The molecule has 7 heteroatoms. The summed E-state index contributed by atoms with van der Waals surface area (Å²) in [6, 6.07) is 22.3. The highest BCUT2D eigenvalue weighted by Gasteiger charge is 2.48. The second kappa shape index (κ2) is 8.09. The number of rotatable bonds is 5. The fraction of sp³-hybridized carbons (Fsp3) is 0.154. The van der Waals surface area contributed by atoms with E-state index < -0.39 is 11.4 Å².